The monoisotopic (exact) mass is 285 g/mol. The van der Waals surface area contributed by atoms with Crippen LogP contribution in [-0.2, 0) is 11.3 Å². The minimum atomic E-state index is 0.291. The molecule has 16 heavy (non-hydrogen) atoms. The largest absolute Gasteiger partial charge is 0.507 e. The van der Waals surface area contributed by atoms with E-state index < -0.39 is 0 Å². The van der Waals surface area contributed by atoms with Crippen LogP contribution >= 0.6 is 15.9 Å². The highest BCUT2D eigenvalue weighted by atomic mass is 79.9. The number of phenolic OH excluding ortho intramolecular Hbond substituents is 1. The first-order chi connectivity index (χ1) is 7.66. The van der Waals surface area contributed by atoms with Crippen LogP contribution in [0.2, 0.25) is 0 Å². The first-order valence-electron chi connectivity index (χ1n) is 5.46. The molecule has 88 valence electrons. The first kappa shape index (κ1) is 11.9. The van der Waals surface area contributed by atoms with Crippen molar-refractivity contribution in [1.29, 1.82) is 0 Å². The molecular weight excluding hydrogens is 270 g/mol. The van der Waals surface area contributed by atoms with Gasteiger partial charge in [-0.2, -0.15) is 0 Å². The van der Waals surface area contributed by atoms with Gasteiger partial charge in [-0.1, -0.05) is 6.07 Å². The summed E-state index contributed by atoms with van der Waals surface area (Å²) in [4.78, 5) is 2.39. The van der Waals surface area contributed by atoms with E-state index in [-0.39, 0.29) is 0 Å². The maximum atomic E-state index is 9.42. The van der Waals surface area contributed by atoms with Crippen molar-refractivity contribution in [1.82, 2.24) is 4.90 Å². The molecule has 0 aliphatic carbocycles. The highest BCUT2D eigenvalue weighted by Crippen LogP contribution is 2.25. The molecule has 1 atom stereocenters. The van der Waals surface area contributed by atoms with Gasteiger partial charge in [-0.05, 0) is 40.5 Å². The van der Waals surface area contributed by atoms with Crippen molar-refractivity contribution in [3.63, 3.8) is 0 Å². The number of ether oxygens (including phenoxy) is 1. The van der Waals surface area contributed by atoms with Crippen LogP contribution in [0.15, 0.2) is 22.7 Å². The lowest BCUT2D eigenvalue weighted by Crippen LogP contribution is -2.42. The van der Waals surface area contributed by atoms with E-state index in [4.69, 9.17) is 4.74 Å². The number of nitrogens with zero attached hydrogens (tertiary/aromatic N) is 1. The molecule has 0 radical (unpaired) electrons. The molecule has 2 rings (SSSR count). The van der Waals surface area contributed by atoms with Gasteiger partial charge in [0, 0.05) is 19.1 Å². The number of rotatable bonds is 2. The predicted molar refractivity (Wildman–Crippen MR) is 66.5 cm³/mol. The Balaban J connectivity index is 2.05. The lowest BCUT2D eigenvalue weighted by atomic mass is 10.1. The van der Waals surface area contributed by atoms with Gasteiger partial charge in [0.2, 0.25) is 0 Å². The summed E-state index contributed by atoms with van der Waals surface area (Å²) >= 11 is 3.33. The van der Waals surface area contributed by atoms with Crippen LogP contribution in [0.25, 0.3) is 0 Å². The van der Waals surface area contributed by atoms with E-state index in [1.54, 1.807) is 6.07 Å². The predicted octanol–water partition coefficient (Wildman–Crippen LogP) is 2.38. The Kier molecular flexibility index (Phi) is 3.84. The van der Waals surface area contributed by atoms with Crippen molar-refractivity contribution >= 4 is 15.9 Å². The molecule has 0 spiro atoms. The zero-order valence-corrected chi connectivity index (χ0v) is 10.9. The average molecular weight is 286 g/mol. The van der Waals surface area contributed by atoms with E-state index in [0.717, 1.165) is 30.8 Å². The fourth-order valence-electron chi connectivity index (χ4n) is 1.88. The molecule has 1 aromatic rings. The number of halogens is 1. The smallest absolute Gasteiger partial charge is 0.129 e. The van der Waals surface area contributed by atoms with Gasteiger partial charge < -0.3 is 9.84 Å². The zero-order chi connectivity index (χ0) is 11.5. The Labute approximate surface area is 104 Å². The molecule has 1 unspecified atom stereocenters. The molecule has 1 aliphatic heterocycles. The molecule has 1 saturated heterocycles. The van der Waals surface area contributed by atoms with Gasteiger partial charge in [0.25, 0.3) is 0 Å². The summed E-state index contributed by atoms with van der Waals surface area (Å²) in [6.07, 6.45) is 0. The molecule has 3 nitrogen and oxygen atoms in total. The molecular formula is C12H16BrNO2. The maximum absolute atomic E-state index is 9.42. The van der Waals surface area contributed by atoms with Gasteiger partial charge in [0.05, 0.1) is 17.7 Å². The molecule has 1 N–H and O–H groups in total. The Morgan fingerprint density at radius 3 is 3.06 bits per heavy atom. The lowest BCUT2D eigenvalue weighted by Gasteiger charge is -2.33. The van der Waals surface area contributed by atoms with Crippen molar-refractivity contribution < 1.29 is 9.84 Å². The van der Waals surface area contributed by atoms with Crippen LogP contribution in [0.5, 0.6) is 5.75 Å². The zero-order valence-electron chi connectivity index (χ0n) is 9.32. The van der Waals surface area contributed by atoms with Crippen molar-refractivity contribution in [3.05, 3.63) is 28.2 Å². The summed E-state index contributed by atoms with van der Waals surface area (Å²) in [7, 11) is 0. The topological polar surface area (TPSA) is 32.7 Å². The minimum absolute atomic E-state index is 0.291. The first-order valence-corrected chi connectivity index (χ1v) is 6.25. The van der Waals surface area contributed by atoms with Crippen molar-refractivity contribution in [3.8, 4) is 5.75 Å². The molecule has 0 bridgehead atoms. The van der Waals surface area contributed by atoms with Crippen molar-refractivity contribution in [2.45, 2.75) is 19.5 Å². The van der Waals surface area contributed by atoms with Crippen LogP contribution in [0, 0.1) is 0 Å². The lowest BCUT2D eigenvalue weighted by molar-refractivity contribution is -0.00438. The van der Waals surface area contributed by atoms with Crippen LogP contribution in [0.1, 0.15) is 12.5 Å². The van der Waals surface area contributed by atoms with E-state index >= 15 is 0 Å². The standard InChI is InChI=1S/C12H16BrNO2/c1-9-8-16-5-4-14(9)7-10-2-3-12(15)11(13)6-10/h2-3,6,9,15H,4-5,7-8H2,1H3. The number of hydrogen-bond acceptors (Lipinski definition) is 3. The molecule has 1 aliphatic rings. The van der Waals surface area contributed by atoms with E-state index in [0.29, 0.717) is 11.8 Å². The number of hydrogen-bond donors (Lipinski definition) is 1. The van der Waals surface area contributed by atoms with Gasteiger partial charge in [-0.25, -0.2) is 0 Å². The number of phenols is 1. The number of morpholine rings is 1. The Bertz CT molecular complexity index is 370. The van der Waals surface area contributed by atoms with Crippen LogP contribution < -0.4 is 0 Å². The summed E-state index contributed by atoms with van der Waals surface area (Å²) in [5.74, 6) is 0.291. The Morgan fingerprint density at radius 1 is 1.56 bits per heavy atom. The summed E-state index contributed by atoms with van der Waals surface area (Å²) in [5.41, 5.74) is 1.21. The molecule has 0 amide bonds. The van der Waals surface area contributed by atoms with Crippen LogP contribution in [0.3, 0.4) is 0 Å². The highest BCUT2D eigenvalue weighted by Gasteiger charge is 2.18. The van der Waals surface area contributed by atoms with Gasteiger partial charge in [0.1, 0.15) is 5.75 Å². The molecule has 0 saturated carbocycles. The van der Waals surface area contributed by atoms with Crippen LogP contribution in [0.4, 0.5) is 0 Å². The van der Waals surface area contributed by atoms with E-state index in [2.05, 4.69) is 27.8 Å². The van der Waals surface area contributed by atoms with Gasteiger partial charge in [-0.15, -0.1) is 0 Å². The SMILES string of the molecule is CC1COCCN1Cc1ccc(O)c(Br)c1. The quantitative estimate of drug-likeness (QED) is 0.906. The average Bonchev–Trinajstić information content (AvgIpc) is 2.27. The highest BCUT2D eigenvalue weighted by molar-refractivity contribution is 9.10. The number of aromatic hydroxyl groups is 1. The third kappa shape index (κ3) is 2.75. The van der Waals surface area contributed by atoms with Gasteiger partial charge >= 0.3 is 0 Å². The summed E-state index contributed by atoms with van der Waals surface area (Å²) in [6.45, 7) is 5.67. The normalized spacial score (nSPS) is 22.2. The van der Waals surface area contributed by atoms with Gasteiger partial charge in [0.15, 0.2) is 0 Å². The fraction of sp³-hybridized carbons (Fsp3) is 0.500. The minimum Gasteiger partial charge on any atom is -0.507 e. The van der Waals surface area contributed by atoms with Crippen molar-refractivity contribution in [2.75, 3.05) is 19.8 Å². The van der Waals surface area contributed by atoms with E-state index in [1.807, 2.05) is 12.1 Å². The Hall–Kier alpha value is -0.580. The second-order valence-electron chi connectivity index (χ2n) is 4.18. The molecule has 0 aromatic heterocycles. The molecule has 1 aromatic carbocycles. The van der Waals surface area contributed by atoms with Crippen LogP contribution in [-0.4, -0.2) is 35.8 Å². The molecule has 1 heterocycles. The second-order valence-corrected chi connectivity index (χ2v) is 5.03. The van der Waals surface area contributed by atoms with Crippen molar-refractivity contribution in [2.24, 2.45) is 0 Å². The summed E-state index contributed by atoms with van der Waals surface area (Å²) < 4.78 is 6.16. The summed E-state index contributed by atoms with van der Waals surface area (Å²) in [5, 5.41) is 9.42. The number of benzene rings is 1. The fourth-order valence-corrected chi connectivity index (χ4v) is 2.31. The third-order valence-corrected chi connectivity index (χ3v) is 3.54. The third-order valence-electron chi connectivity index (χ3n) is 2.90. The van der Waals surface area contributed by atoms with E-state index in [1.165, 1.54) is 5.56 Å². The molecule has 4 heteroatoms. The summed E-state index contributed by atoms with van der Waals surface area (Å²) in [6, 6.07) is 6.12. The van der Waals surface area contributed by atoms with E-state index in [9.17, 15) is 5.11 Å². The molecule has 1 fully saturated rings. The van der Waals surface area contributed by atoms with Gasteiger partial charge in [-0.3, -0.25) is 4.90 Å². The Morgan fingerprint density at radius 2 is 2.38 bits per heavy atom. The maximum Gasteiger partial charge on any atom is 0.129 e. The second kappa shape index (κ2) is 5.17.